The Morgan fingerprint density at radius 1 is 0.731 bits per heavy atom. The van der Waals surface area contributed by atoms with E-state index in [-0.39, 0.29) is 0 Å². The minimum Gasteiger partial charge on any atom is -0.298 e. The molecule has 0 atom stereocenters. The highest BCUT2D eigenvalue weighted by atomic mass is 15.4. The minimum atomic E-state index is 0.573. The molecule has 0 aliphatic rings. The summed E-state index contributed by atoms with van der Waals surface area (Å²) in [7, 11) is 0. The molecular formula is C22H22N4. The van der Waals surface area contributed by atoms with Crippen molar-refractivity contribution in [2.75, 3.05) is 10.9 Å². The molecule has 0 saturated carbocycles. The molecule has 0 aliphatic heterocycles. The molecule has 0 amide bonds. The van der Waals surface area contributed by atoms with Crippen LogP contribution < -0.4 is 10.9 Å². The van der Waals surface area contributed by atoms with Crippen LogP contribution in [0.15, 0.2) is 48.5 Å². The average molecular weight is 342 g/mol. The lowest BCUT2D eigenvalue weighted by molar-refractivity contribution is 1.13. The fourth-order valence-corrected chi connectivity index (χ4v) is 3.61. The second-order valence-electron chi connectivity index (χ2n) is 6.84. The van der Waals surface area contributed by atoms with E-state index in [4.69, 9.17) is 0 Å². The highest BCUT2D eigenvalue weighted by molar-refractivity contribution is 5.97. The summed E-state index contributed by atoms with van der Waals surface area (Å²) >= 11 is 0. The summed E-state index contributed by atoms with van der Waals surface area (Å²) in [5, 5.41) is 3.55. The first-order valence-electron chi connectivity index (χ1n) is 8.79. The molecule has 0 saturated heterocycles. The predicted molar refractivity (Wildman–Crippen MR) is 110 cm³/mol. The third kappa shape index (κ3) is 2.84. The van der Waals surface area contributed by atoms with E-state index in [9.17, 15) is 0 Å². The summed E-state index contributed by atoms with van der Waals surface area (Å²) in [5.74, 6) is 0.573. The van der Waals surface area contributed by atoms with Crippen LogP contribution in [0.2, 0.25) is 0 Å². The average Bonchev–Trinajstić information content (AvgIpc) is 2.59. The zero-order chi connectivity index (χ0) is 18.3. The van der Waals surface area contributed by atoms with Crippen LogP contribution in [0.4, 0.5) is 11.6 Å². The Kier molecular flexibility index (Phi) is 3.96. The number of hydrogen-bond donors (Lipinski definition) is 2. The third-order valence-electron chi connectivity index (χ3n) is 4.75. The highest BCUT2D eigenvalue weighted by Crippen LogP contribution is 2.28. The number of hydrazine groups is 1. The van der Waals surface area contributed by atoms with Crippen molar-refractivity contribution in [3.05, 3.63) is 70.9 Å². The molecule has 4 aromatic rings. The summed E-state index contributed by atoms with van der Waals surface area (Å²) in [6, 6.07) is 16.8. The second-order valence-corrected chi connectivity index (χ2v) is 6.84. The summed E-state index contributed by atoms with van der Waals surface area (Å²) in [6.07, 6.45) is 0. The Morgan fingerprint density at radius 3 is 2.27 bits per heavy atom. The fraction of sp³-hybridized carbons (Fsp3) is 0.182. The van der Waals surface area contributed by atoms with E-state index in [0.29, 0.717) is 5.95 Å². The normalized spacial score (nSPS) is 11.1. The Balaban J connectivity index is 1.72. The zero-order valence-corrected chi connectivity index (χ0v) is 15.5. The molecule has 4 nitrogen and oxygen atoms in total. The maximum absolute atomic E-state index is 4.65. The number of nitrogens with zero attached hydrogens (tertiary/aromatic N) is 2. The summed E-state index contributed by atoms with van der Waals surface area (Å²) in [4.78, 5) is 9.27. The van der Waals surface area contributed by atoms with Crippen molar-refractivity contribution in [2.24, 2.45) is 0 Å². The van der Waals surface area contributed by atoms with E-state index in [1.54, 1.807) is 0 Å². The van der Waals surface area contributed by atoms with Crippen molar-refractivity contribution in [3.8, 4) is 0 Å². The van der Waals surface area contributed by atoms with Gasteiger partial charge in [0.2, 0.25) is 5.95 Å². The lowest BCUT2D eigenvalue weighted by Gasteiger charge is -2.15. The molecule has 0 spiro atoms. The van der Waals surface area contributed by atoms with Gasteiger partial charge in [0.15, 0.2) is 0 Å². The number of nitrogens with one attached hydrogen (secondary N) is 2. The molecule has 2 N–H and O–H groups in total. The van der Waals surface area contributed by atoms with Gasteiger partial charge >= 0.3 is 0 Å². The summed E-state index contributed by atoms with van der Waals surface area (Å²) in [5.41, 5.74) is 13.1. The molecule has 3 aromatic carbocycles. The fourth-order valence-electron chi connectivity index (χ4n) is 3.61. The van der Waals surface area contributed by atoms with Gasteiger partial charge in [-0.1, -0.05) is 36.4 Å². The van der Waals surface area contributed by atoms with Crippen molar-refractivity contribution >= 4 is 33.3 Å². The zero-order valence-electron chi connectivity index (χ0n) is 15.5. The van der Waals surface area contributed by atoms with E-state index in [1.165, 1.54) is 27.5 Å². The first-order valence-corrected chi connectivity index (χ1v) is 8.79. The van der Waals surface area contributed by atoms with Crippen LogP contribution in [0.1, 0.15) is 22.4 Å². The van der Waals surface area contributed by atoms with Gasteiger partial charge in [0, 0.05) is 10.8 Å². The number of aryl methyl sites for hydroxylation is 4. The smallest absolute Gasteiger partial charge is 0.242 e. The van der Waals surface area contributed by atoms with Gasteiger partial charge < -0.3 is 0 Å². The number of fused-ring (bicyclic) bond motifs is 2. The van der Waals surface area contributed by atoms with Crippen LogP contribution in [-0.4, -0.2) is 9.97 Å². The van der Waals surface area contributed by atoms with Crippen molar-refractivity contribution in [2.45, 2.75) is 27.7 Å². The topological polar surface area (TPSA) is 49.8 Å². The van der Waals surface area contributed by atoms with Crippen molar-refractivity contribution in [1.29, 1.82) is 0 Å². The Labute approximate surface area is 153 Å². The highest BCUT2D eigenvalue weighted by Gasteiger charge is 2.08. The Hall–Kier alpha value is -3.14. The number of hydrogen-bond acceptors (Lipinski definition) is 4. The van der Waals surface area contributed by atoms with E-state index in [0.717, 1.165) is 22.3 Å². The molecule has 0 unspecified atom stereocenters. The molecule has 1 heterocycles. The van der Waals surface area contributed by atoms with Gasteiger partial charge in [0.25, 0.3) is 0 Å². The van der Waals surface area contributed by atoms with Crippen molar-refractivity contribution in [3.63, 3.8) is 0 Å². The van der Waals surface area contributed by atoms with Crippen LogP contribution in [0.3, 0.4) is 0 Å². The SMILES string of the molecule is Cc1cc(NNc2nc(C)c3c(C)cccc3n2)c2c(C)cccc2c1. The Morgan fingerprint density at radius 2 is 1.46 bits per heavy atom. The number of anilines is 2. The lowest BCUT2D eigenvalue weighted by Crippen LogP contribution is -2.13. The molecule has 130 valence electrons. The van der Waals surface area contributed by atoms with Gasteiger partial charge in [-0.05, 0) is 61.9 Å². The summed E-state index contributed by atoms with van der Waals surface area (Å²) < 4.78 is 0. The van der Waals surface area contributed by atoms with E-state index in [1.807, 2.05) is 19.1 Å². The predicted octanol–water partition coefficient (Wildman–Crippen LogP) is 5.46. The van der Waals surface area contributed by atoms with Gasteiger partial charge in [-0.15, -0.1) is 0 Å². The first kappa shape index (κ1) is 16.3. The maximum atomic E-state index is 4.65. The summed E-state index contributed by atoms with van der Waals surface area (Å²) in [6.45, 7) is 8.34. The molecule has 0 bridgehead atoms. The molecular weight excluding hydrogens is 320 g/mol. The van der Waals surface area contributed by atoms with Crippen LogP contribution in [0, 0.1) is 27.7 Å². The number of rotatable bonds is 3. The van der Waals surface area contributed by atoms with Gasteiger partial charge in [-0.25, -0.2) is 9.97 Å². The molecule has 0 aliphatic carbocycles. The molecule has 4 heteroatoms. The molecule has 4 rings (SSSR count). The van der Waals surface area contributed by atoms with E-state index < -0.39 is 0 Å². The van der Waals surface area contributed by atoms with Gasteiger partial charge in [0.1, 0.15) is 0 Å². The Bertz CT molecular complexity index is 1130. The lowest BCUT2D eigenvalue weighted by atomic mass is 10.0. The standard InChI is InChI=1S/C22H22N4/c1-13-11-17-9-5-7-15(3)21(17)19(12-13)25-26-22-23-16(4)20-14(2)8-6-10-18(20)24-22/h5-12,25H,1-4H3,(H,23,24,26). The molecule has 0 radical (unpaired) electrons. The molecule has 26 heavy (non-hydrogen) atoms. The number of benzene rings is 3. The maximum Gasteiger partial charge on any atom is 0.242 e. The van der Waals surface area contributed by atoms with E-state index >= 15 is 0 Å². The second kappa shape index (κ2) is 6.30. The van der Waals surface area contributed by atoms with E-state index in [2.05, 4.69) is 78.0 Å². The van der Waals surface area contributed by atoms with Crippen LogP contribution in [0.25, 0.3) is 21.7 Å². The van der Waals surface area contributed by atoms with Gasteiger partial charge in [-0.3, -0.25) is 10.9 Å². The van der Waals surface area contributed by atoms with Gasteiger partial charge in [-0.2, -0.15) is 0 Å². The van der Waals surface area contributed by atoms with Crippen molar-refractivity contribution in [1.82, 2.24) is 9.97 Å². The largest absolute Gasteiger partial charge is 0.298 e. The molecule has 0 fully saturated rings. The minimum absolute atomic E-state index is 0.573. The quantitative estimate of drug-likeness (QED) is 0.486. The van der Waals surface area contributed by atoms with Gasteiger partial charge in [0.05, 0.1) is 16.9 Å². The van der Waals surface area contributed by atoms with Crippen LogP contribution >= 0.6 is 0 Å². The van der Waals surface area contributed by atoms with Crippen LogP contribution in [-0.2, 0) is 0 Å². The first-order chi connectivity index (χ1) is 12.5. The van der Waals surface area contributed by atoms with Crippen LogP contribution in [0.5, 0.6) is 0 Å². The monoisotopic (exact) mass is 342 g/mol. The molecule has 1 aromatic heterocycles. The number of aromatic nitrogens is 2. The van der Waals surface area contributed by atoms with Crippen molar-refractivity contribution < 1.29 is 0 Å². The third-order valence-corrected chi connectivity index (χ3v) is 4.75.